The summed E-state index contributed by atoms with van der Waals surface area (Å²) >= 11 is 0. The van der Waals surface area contributed by atoms with Crippen molar-refractivity contribution in [1.29, 1.82) is 0 Å². The number of hydrogen-bond acceptors (Lipinski definition) is 9. The Bertz CT molecular complexity index is 970. The van der Waals surface area contributed by atoms with E-state index >= 15 is 0 Å². The first-order valence-corrected chi connectivity index (χ1v) is 14.6. The Morgan fingerprint density at radius 1 is 1.00 bits per heavy atom. The van der Waals surface area contributed by atoms with Gasteiger partial charge in [-0.25, -0.2) is 4.79 Å². The molecule has 0 radical (unpaired) electrons. The molecule has 2 heterocycles. The van der Waals surface area contributed by atoms with Crippen LogP contribution in [0, 0.1) is 34.5 Å². The molecule has 0 aromatic rings. The molecule has 2 aliphatic heterocycles. The smallest absolute Gasteiger partial charge is 0.331 e. The molecule has 0 spiro atoms. The van der Waals surface area contributed by atoms with Crippen molar-refractivity contribution in [3.05, 3.63) is 11.6 Å². The second-order valence-electron chi connectivity index (χ2n) is 13.4. The first-order chi connectivity index (χ1) is 18.0. The average molecular weight is 537 g/mol. The molecule has 0 unspecified atom stereocenters. The predicted octanol–water partition coefficient (Wildman–Crippen LogP) is 1.43. The Morgan fingerprint density at radius 2 is 1.79 bits per heavy atom. The van der Waals surface area contributed by atoms with Gasteiger partial charge in [0.05, 0.1) is 17.8 Å². The minimum Gasteiger partial charge on any atom is -0.458 e. The lowest BCUT2D eigenvalue weighted by molar-refractivity contribution is -0.311. The Hall–Kier alpha value is -1.07. The molecular formula is C29H44O9. The third-order valence-electron chi connectivity index (χ3n) is 12.1. The molecule has 0 bridgehead atoms. The minimum absolute atomic E-state index is 0.0831. The molecule has 9 nitrogen and oxygen atoms in total. The van der Waals surface area contributed by atoms with Crippen LogP contribution in [0.2, 0.25) is 0 Å². The summed E-state index contributed by atoms with van der Waals surface area (Å²) in [4.78, 5) is 11.8. The van der Waals surface area contributed by atoms with Crippen molar-refractivity contribution in [3.63, 3.8) is 0 Å². The van der Waals surface area contributed by atoms with Crippen LogP contribution < -0.4 is 0 Å². The SMILES string of the molecule is C[C@H]1O[C@@H](O[C@H]2CC[C@@]3(CO)[C@@H](CC[C@@H]4[C@@H]3CC[C@]3(C)[C@@H](C5=CC(=O)OC5)CC[C@]43O)C2)[C@H](O)[C@H](O)[C@@H]1O. The van der Waals surface area contributed by atoms with E-state index in [1.807, 2.05) is 0 Å². The Balaban J connectivity index is 1.19. The van der Waals surface area contributed by atoms with Crippen LogP contribution in [0.3, 0.4) is 0 Å². The van der Waals surface area contributed by atoms with Gasteiger partial charge in [0.15, 0.2) is 6.29 Å². The van der Waals surface area contributed by atoms with Gasteiger partial charge in [0.25, 0.3) is 0 Å². The molecular weight excluding hydrogens is 492 g/mol. The molecule has 0 aromatic carbocycles. The number of cyclic esters (lactones) is 1. The lowest BCUT2D eigenvalue weighted by Gasteiger charge is -2.64. The van der Waals surface area contributed by atoms with E-state index in [1.54, 1.807) is 13.0 Å². The molecule has 6 aliphatic rings. The highest BCUT2D eigenvalue weighted by molar-refractivity contribution is 5.85. The van der Waals surface area contributed by atoms with E-state index in [9.17, 15) is 30.3 Å². The third kappa shape index (κ3) is 3.80. The predicted molar refractivity (Wildman–Crippen MR) is 134 cm³/mol. The van der Waals surface area contributed by atoms with Crippen molar-refractivity contribution in [3.8, 4) is 0 Å². The molecule has 4 aliphatic carbocycles. The van der Waals surface area contributed by atoms with E-state index < -0.39 is 36.3 Å². The average Bonchev–Trinajstić information content (AvgIpc) is 3.45. The van der Waals surface area contributed by atoms with Crippen LogP contribution in [-0.4, -0.2) is 87.1 Å². The summed E-state index contributed by atoms with van der Waals surface area (Å²) in [5.74, 6) is 0.414. The number of esters is 1. The van der Waals surface area contributed by atoms with Crippen LogP contribution in [0.1, 0.15) is 71.6 Å². The van der Waals surface area contributed by atoms with Gasteiger partial charge in [-0.2, -0.15) is 0 Å². The van der Waals surface area contributed by atoms with Crippen molar-refractivity contribution in [2.45, 2.75) is 114 Å². The molecule has 214 valence electrons. The van der Waals surface area contributed by atoms with E-state index in [0.717, 1.165) is 50.5 Å². The van der Waals surface area contributed by atoms with Gasteiger partial charge in [0, 0.05) is 18.1 Å². The van der Waals surface area contributed by atoms with Gasteiger partial charge < -0.3 is 39.7 Å². The Kier molecular flexibility index (Phi) is 6.78. The summed E-state index contributed by atoms with van der Waals surface area (Å²) in [6.45, 7) is 4.27. The third-order valence-corrected chi connectivity index (χ3v) is 12.1. The number of carbonyl (C=O) groups is 1. The molecule has 4 saturated carbocycles. The van der Waals surface area contributed by atoms with Crippen molar-refractivity contribution < 1.29 is 44.5 Å². The van der Waals surface area contributed by atoms with Crippen LogP contribution in [0.25, 0.3) is 0 Å². The first kappa shape index (κ1) is 27.1. The van der Waals surface area contributed by atoms with E-state index in [0.29, 0.717) is 19.4 Å². The van der Waals surface area contributed by atoms with Crippen molar-refractivity contribution in [1.82, 2.24) is 0 Å². The molecule has 5 N–H and O–H groups in total. The zero-order valence-corrected chi connectivity index (χ0v) is 22.5. The lowest BCUT2D eigenvalue weighted by Crippen LogP contribution is -2.64. The summed E-state index contributed by atoms with van der Waals surface area (Å²) in [6, 6.07) is 0. The highest BCUT2D eigenvalue weighted by atomic mass is 16.7. The van der Waals surface area contributed by atoms with E-state index in [2.05, 4.69) is 6.92 Å². The number of rotatable bonds is 4. The van der Waals surface area contributed by atoms with Gasteiger partial charge in [-0.1, -0.05) is 6.92 Å². The van der Waals surface area contributed by atoms with Gasteiger partial charge >= 0.3 is 5.97 Å². The van der Waals surface area contributed by atoms with Crippen LogP contribution in [0.5, 0.6) is 0 Å². The summed E-state index contributed by atoms with van der Waals surface area (Å²) in [7, 11) is 0. The maximum absolute atomic E-state index is 12.4. The standard InChI is InChI=1S/C29H44O9/c1-15-23(32)24(33)25(34)26(37-15)38-18-5-9-28(14-30)17(12-18)3-4-21-20(28)6-8-27(2)19(7-10-29(21,27)35)16-11-22(31)36-13-16/h11,15,17-21,23-26,30,32-35H,3-10,12-14H2,1-2H3/t15-,17+,18+,19-,20+,21-,23-,24-,25-,26+,27-,28-,29+/m1/s1. The topological polar surface area (TPSA) is 146 Å². The summed E-state index contributed by atoms with van der Waals surface area (Å²) in [5.41, 5.74) is -0.401. The van der Waals surface area contributed by atoms with Gasteiger partial charge in [-0.3, -0.25) is 0 Å². The number of aliphatic hydroxyl groups is 5. The van der Waals surface area contributed by atoms with Gasteiger partial charge in [-0.05, 0) is 99.4 Å². The van der Waals surface area contributed by atoms with Gasteiger partial charge in [0.2, 0.25) is 0 Å². The second-order valence-corrected chi connectivity index (χ2v) is 13.4. The van der Waals surface area contributed by atoms with Crippen molar-refractivity contribution in [2.75, 3.05) is 13.2 Å². The summed E-state index contributed by atoms with van der Waals surface area (Å²) in [6.07, 6.45) is 3.35. The van der Waals surface area contributed by atoms with E-state index in [-0.39, 0.29) is 53.2 Å². The van der Waals surface area contributed by atoms with Crippen LogP contribution in [0.4, 0.5) is 0 Å². The molecule has 0 amide bonds. The largest absolute Gasteiger partial charge is 0.458 e. The summed E-state index contributed by atoms with van der Waals surface area (Å²) in [5, 5.41) is 53.9. The van der Waals surface area contributed by atoms with Gasteiger partial charge in [0.1, 0.15) is 24.9 Å². The highest BCUT2D eigenvalue weighted by Gasteiger charge is 2.68. The van der Waals surface area contributed by atoms with Crippen LogP contribution >= 0.6 is 0 Å². The fourth-order valence-electron chi connectivity index (χ4n) is 9.91. The maximum Gasteiger partial charge on any atom is 0.331 e. The quantitative estimate of drug-likeness (QED) is 0.266. The van der Waals surface area contributed by atoms with E-state index in [1.165, 1.54) is 0 Å². The molecule has 1 saturated heterocycles. The van der Waals surface area contributed by atoms with Crippen LogP contribution in [0.15, 0.2) is 11.6 Å². The fourth-order valence-corrected chi connectivity index (χ4v) is 9.91. The zero-order valence-electron chi connectivity index (χ0n) is 22.5. The fraction of sp³-hybridized carbons (Fsp3) is 0.897. The van der Waals surface area contributed by atoms with Crippen molar-refractivity contribution >= 4 is 5.97 Å². The number of hydrogen-bond donors (Lipinski definition) is 5. The molecule has 0 aromatic heterocycles. The molecule has 38 heavy (non-hydrogen) atoms. The lowest BCUT2D eigenvalue weighted by atomic mass is 9.43. The molecule has 6 rings (SSSR count). The molecule has 9 heteroatoms. The zero-order chi connectivity index (χ0) is 27.0. The number of carbonyl (C=O) groups excluding carboxylic acids is 1. The first-order valence-electron chi connectivity index (χ1n) is 14.6. The molecule has 13 atom stereocenters. The highest BCUT2D eigenvalue weighted by Crippen LogP contribution is 2.70. The van der Waals surface area contributed by atoms with Gasteiger partial charge in [-0.15, -0.1) is 0 Å². The monoisotopic (exact) mass is 536 g/mol. The number of ether oxygens (including phenoxy) is 3. The maximum atomic E-state index is 12.4. The van der Waals surface area contributed by atoms with E-state index in [4.69, 9.17) is 14.2 Å². The van der Waals surface area contributed by atoms with Crippen molar-refractivity contribution in [2.24, 2.45) is 34.5 Å². The minimum atomic E-state index is -1.32. The Labute approximate surface area is 224 Å². The normalized spacial score (nSPS) is 54.5. The second kappa shape index (κ2) is 9.50. The number of fused-ring (bicyclic) bond motifs is 5. The summed E-state index contributed by atoms with van der Waals surface area (Å²) < 4.78 is 17.1. The number of aliphatic hydroxyl groups excluding tert-OH is 4. The molecule has 5 fully saturated rings. The van der Waals surface area contributed by atoms with Crippen LogP contribution in [-0.2, 0) is 19.0 Å². The Morgan fingerprint density at radius 3 is 2.50 bits per heavy atom.